The second-order valence-corrected chi connectivity index (χ2v) is 14.4. The van der Waals surface area contributed by atoms with Gasteiger partial charge >= 0.3 is 17.9 Å². The number of benzene rings is 2. The highest BCUT2D eigenvalue weighted by atomic mass is 16.8. The molecule has 57 heavy (non-hydrogen) atoms. The molecule has 14 atom stereocenters. The maximum atomic E-state index is 12.4. The summed E-state index contributed by atoms with van der Waals surface area (Å²) in [6, 6.07) is 17.9. The average molecular weight is 799 g/mol. The van der Waals surface area contributed by atoms with Crippen molar-refractivity contribution in [1.29, 1.82) is 0 Å². The van der Waals surface area contributed by atoms with Gasteiger partial charge in [-0.2, -0.15) is 0 Å². The Bertz CT molecular complexity index is 1780. The van der Waals surface area contributed by atoms with Gasteiger partial charge in [-0.25, -0.2) is 14.4 Å². The van der Waals surface area contributed by atoms with E-state index in [1.807, 2.05) is 12.1 Å². The molecule has 3 heterocycles. The van der Waals surface area contributed by atoms with Gasteiger partial charge < -0.3 is 68.9 Å². The largest absolute Gasteiger partial charge is 0.478 e. The number of hydrogen-bond acceptors (Lipinski definition) is 16. The summed E-state index contributed by atoms with van der Waals surface area (Å²) in [6.07, 6.45) is -11.5. The van der Waals surface area contributed by atoms with E-state index in [1.165, 1.54) is 24.3 Å². The smallest absolute Gasteiger partial charge is 0.334 e. The molecule has 0 bridgehead atoms. The van der Waals surface area contributed by atoms with E-state index in [1.54, 1.807) is 55.5 Å². The Morgan fingerprint density at radius 3 is 1.70 bits per heavy atom. The van der Waals surface area contributed by atoms with Gasteiger partial charge in [0.25, 0.3) is 0 Å². The minimum Gasteiger partial charge on any atom is -0.478 e. The highest BCUT2D eigenvalue weighted by molar-refractivity contribution is 5.88. The zero-order valence-electron chi connectivity index (χ0n) is 30.7. The van der Waals surface area contributed by atoms with Crippen molar-refractivity contribution >= 4 is 30.1 Å². The molecule has 2 saturated heterocycles. The van der Waals surface area contributed by atoms with Crippen LogP contribution in [0.15, 0.2) is 84.7 Å². The van der Waals surface area contributed by atoms with Crippen molar-refractivity contribution in [1.82, 2.24) is 0 Å². The second-order valence-electron chi connectivity index (χ2n) is 14.4. The van der Waals surface area contributed by atoms with Gasteiger partial charge in [0.2, 0.25) is 6.29 Å². The number of esters is 2. The first kappa shape index (κ1) is 42.1. The highest BCUT2D eigenvalue weighted by Gasteiger charge is 2.59. The summed E-state index contributed by atoms with van der Waals surface area (Å²) in [4.78, 5) is 37.1. The predicted molar refractivity (Wildman–Crippen MR) is 194 cm³/mol. The summed E-state index contributed by atoms with van der Waals surface area (Å²) < 4.78 is 40.2. The highest BCUT2D eigenvalue weighted by Crippen LogP contribution is 2.52. The minimum atomic E-state index is -1.85. The van der Waals surface area contributed by atoms with Crippen molar-refractivity contribution in [2.75, 3.05) is 13.2 Å². The molecule has 1 aliphatic carbocycles. The Labute approximate surface area is 326 Å². The number of rotatable bonds is 13. The fraction of sp³-hybridized carbons (Fsp3) is 0.475. The molecule has 0 radical (unpaired) electrons. The van der Waals surface area contributed by atoms with E-state index in [0.717, 1.165) is 17.4 Å². The van der Waals surface area contributed by atoms with Crippen molar-refractivity contribution in [2.24, 2.45) is 11.8 Å². The number of fused-ring (bicyclic) bond motifs is 1. The van der Waals surface area contributed by atoms with Gasteiger partial charge in [-0.1, -0.05) is 60.7 Å². The third kappa shape index (κ3) is 9.78. The fourth-order valence-electron chi connectivity index (χ4n) is 7.41. The van der Waals surface area contributed by atoms with E-state index in [-0.39, 0.29) is 18.4 Å². The topological polar surface area (TPSA) is 257 Å². The standard InChI is InChI=1S/C40H46O17/c1-40(57-39-35(48)33(46)31(44)26(55-39)20-52-28(42)15-13-22-10-6-3-7-11-22)17-16-23-24(36(49)50)18-53-37(29(23)40)56-38-34(47)32(45)30(43)25(54-38)19-51-27(41)14-12-21-8-4-2-5-9-21/h2-15,18,23,25-26,29-35,37-39,43-48H,16-17,19-20H2,1H3,(H,49,50)/b14-12+,15-13+/t23-,25+,26+,29-,30+,31+,32-,33-,34+,35+,37-,38-,39-,40-/m0/s1. The van der Waals surface area contributed by atoms with E-state index in [4.69, 9.17) is 33.2 Å². The lowest BCUT2D eigenvalue weighted by atomic mass is 9.81. The zero-order valence-corrected chi connectivity index (χ0v) is 30.7. The number of hydrogen-bond donors (Lipinski definition) is 7. The maximum Gasteiger partial charge on any atom is 0.334 e. The normalized spacial score (nSPS) is 36.6. The Kier molecular flexibility index (Phi) is 13.6. The van der Waals surface area contributed by atoms with Crippen molar-refractivity contribution in [3.8, 4) is 0 Å². The van der Waals surface area contributed by atoms with Crippen LogP contribution in [0.3, 0.4) is 0 Å². The first-order chi connectivity index (χ1) is 27.3. The summed E-state index contributed by atoms with van der Waals surface area (Å²) in [5, 5.41) is 74.7. The number of carboxylic acid groups (broad SMARTS) is 1. The molecule has 6 rings (SSSR count). The first-order valence-electron chi connectivity index (χ1n) is 18.4. The number of aliphatic carboxylic acids is 1. The van der Waals surface area contributed by atoms with E-state index in [9.17, 15) is 50.1 Å². The van der Waals surface area contributed by atoms with E-state index < -0.39 is 116 Å². The molecule has 2 aromatic carbocycles. The monoisotopic (exact) mass is 798 g/mol. The van der Waals surface area contributed by atoms with Gasteiger partial charge in [-0.05, 0) is 43.0 Å². The van der Waals surface area contributed by atoms with Crippen molar-refractivity contribution in [3.63, 3.8) is 0 Å². The molecule has 1 saturated carbocycles. The molecule has 7 N–H and O–H groups in total. The van der Waals surface area contributed by atoms with Crippen LogP contribution in [-0.2, 0) is 47.5 Å². The van der Waals surface area contributed by atoms with Crippen LogP contribution in [0.25, 0.3) is 12.2 Å². The van der Waals surface area contributed by atoms with Crippen LogP contribution in [0.4, 0.5) is 0 Å². The third-order valence-electron chi connectivity index (χ3n) is 10.6. The molecule has 17 heteroatoms. The van der Waals surface area contributed by atoms with Gasteiger partial charge in [0.15, 0.2) is 12.6 Å². The van der Waals surface area contributed by atoms with Crippen LogP contribution in [-0.4, -0.2) is 140 Å². The van der Waals surface area contributed by atoms with Gasteiger partial charge in [-0.3, -0.25) is 0 Å². The van der Waals surface area contributed by atoms with Crippen LogP contribution in [0, 0.1) is 11.8 Å². The lowest BCUT2D eigenvalue weighted by Crippen LogP contribution is -2.62. The van der Waals surface area contributed by atoms with Crippen LogP contribution >= 0.6 is 0 Å². The molecule has 2 aromatic rings. The molecular formula is C40H46O17. The van der Waals surface area contributed by atoms with Crippen LogP contribution in [0.5, 0.6) is 0 Å². The van der Waals surface area contributed by atoms with E-state index in [2.05, 4.69) is 0 Å². The zero-order chi connectivity index (χ0) is 40.9. The number of ether oxygens (including phenoxy) is 7. The maximum absolute atomic E-state index is 12.4. The summed E-state index contributed by atoms with van der Waals surface area (Å²) in [5.74, 6) is -4.65. The lowest BCUT2D eigenvalue weighted by molar-refractivity contribution is -0.362. The Morgan fingerprint density at radius 1 is 0.702 bits per heavy atom. The minimum absolute atomic E-state index is 0.130. The van der Waals surface area contributed by atoms with Crippen LogP contribution in [0.1, 0.15) is 30.9 Å². The quantitative estimate of drug-likeness (QED) is 0.106. The molecule has 308 valence electrons. The van der Waals surface area contributed by atoms with Gasteiger partial charge in [0.1, 0.15) is 62.0 Å². The Balaban J connectivity index is 1.14. The number of carboxylic acids is 1. The van der Waals surface area contributed by atoms with E-state index >= 15 is 0 Å². The summed E-state index contributed by atoms with van der Waals surface area (Å²) in [7, 11) is 0. The van der Waals surface area contributed by atoms with Crippen LogP contribution in [0.2, 0.25) is 0 Å². The van der Waals surface area contributed by atoms with Crippen molar-refractivity contribution in [3.05, 3.63) is 95.8 Å². The fourth-order valence-corrected chi connectivity index (χ4v) is 7.41. The number of aliphatic hydroxyl groups excluding tert-OH is 6. The van der Waals surface area contributed by atoms with Crippen LogP contribution < -0.4 is 0 Å². The van der Waals surface area contributed by atoms with E-state index in [0.29, 0.717) is 0 Å². The van der Waals surface area contributed by atoms with Gasteiger partial charge in [0, 0.05) is 18.1 Å². The number of carbonyl (C=O) groups is 3. The molecule has 4 aliphatic rings. The number of carbonyl (C=O) groups excluding carboxylic acids is 2. The first-order valence-corrected chi connectivity index (χ1v) is 18.4. The molecule has 0 amide bonds. The predicted octanol–water partition coefficient (Wildman–Crippen LogP) is 0.258. The summed E-state index contributed by atoms with van der Waals surface area (Å²) in [5.41, 5.74) is -0.111. The summed E-state index contributed by atoms with van der Waals surface area (Å²) >= 11 is 0. The molecule has 3 fully saturated rings. The molecule has 0 aromatic heterocycles. The summed E-state index contributed by atoms with van der Waals surface area (Å²) in [6.45, 7) is 0.493. The second kappa shape index (κ2) is 18.4. The van der Waals surface area contributed by atoms with Crippen molar-refractivity contribution < 1.29 is 83.3 Å². The lowest BCUT2D eigenvalue weighted by Gasteiger charge is -2.47. The molecule has 0 unspecified atom stereocenters. The van der Waals surface area contributed by atoms with Crippen molar-refractivity contribution in [2.45, 2.75) is 93.1 Å². The SMILES string of the molecule is C[C@]1(O[C@@H]2O[C@H](COC(=O)/C=C/c3ccccc3)[C@@H](O)[C@H](O)[C@H]2O)CC[C@H]2C(C(=O)O)=CO[C@@H](O[C@@H]3O[C@H](COC(=O)/C=C/c4ccccc4)[C@@H](O)[C@H](O)[C@H]3O)[C@H]21. The molecule has 17 nitrogen and oxygen atoms in total. The van der Waals surface area contributed by atoms with Gasteiger partial charge in [-0.15, -0.1) is 0 Å². The molecular weight excluding hydrogens is 752 g/mol. The third-order valence-corrected chi connectivity index (χ3v) is 10.6. The van der Waals surface area contributed by atoms with Gasteiger partial charge in [0.05, 0.1) is 23.4 Å². The number of aliphatic hydroxyl groups is 6. The molecule has 3 aliphatic heterocycles. The Morgan fingerprint density at radius 2 is 1.19 bits per heavy atom. The average Bonchev–Trinajstić information content (AvgIpc) is 3.56. The Hall–Kier alpha value is -4.53. The molecule has 0 spiro atoms.